The van der Waals surface area contributed by atoms with Gasteiger partial charge in [-0.15, -0.1) is 0 Å². The smallest absolute Gasteiger partial charge is 0.351 e. The summed E-state index contributed by atoms with van der Waals surface area (Å²) in [5.41, 5.74) is 7.79. The van der Waals surface area contributed by atoms with Crippen molar-refractivity contribution in [2.75, 3.05) is 16.8 Å². The SMILES string of the molecule is N[C@H]1CC[C@H](Nc2nc(N3CCc4ccc(C(F)(F)F)cc43)c3nc[nH]c3n2)CC1. The number of alkyl halides is 3. The lowest BCUT2D eigenvalue weighted by Crippen LogP contribution is -2.33. The molecular weight excluding hydrogens is 395 g/mol. The van der Waals surface area contributed by atoms with Crippen molar-refractivity contribution in [3.8, 4) is 0 Å². The molecule has 1 fully saturated rings. The number of aromatic nitrogens is 4. The molecule has 2 aromatic heterocycles. The van der Waals surface area contributed by atoms with Crippen LogP contribution in [0.3, 0.4) is 0 Å². The molecule has 158 valence electrons. The molecular formula is C20H22F3N7. The number of H-pyrrole nitrogens is 1. The van der Waals surface area contributed by atoms with Crippen molar-refractivity contribution < 1.29 is 13.2 Å². The van der Waals surface area contributed by atoms with Crippen LogP contribution < -0.4 is 16.0 Å². The van der Waals surface area contributed by atoms with Gasteiger partial charge in [0.05, 0.1) is 11.9 Å². The van der Waals surface area contributed by atoms with Gasteiger partial charge in [-0.05, 0) is 49.8 Å². The molecule has 1 aromatic carbocycles. The first kappa shape index (κ1) is 19.1. The third kappa shape index (κ3) is 3.45. The number of fused-ring (bicyclic) bond motifs is 2. The van der Waals surface area contributed by atoms with E-state index in [0.29, 0.717) is 41.6 Å². The molecule has 0 spiro atoms. The highest BCUT2D eigenvalue weighted by Gasteiger charge is 2.34. The lowest BCUT2D eigenvalue weighted by molar-refractivity contribution is -0.137. The number of nitrogens with one attached hydrogen (secondary N) is 2. The predicted octanol–water partition coefficient (Wildman–Crippen LogP) is 3.75. The van der Waals surface area contributed by atoms with Crippen LogP contribution >= 0.6 is 0 Å². The monoisotopic (exact) mass is 417 g/mol. The zero-order valence-electron chi connectivity index (χ0n) is 16.2. The Kier molecular flexibility index (Phi) is 4.53. The van der Waals surface area contributed by atoms with Gasteiger partial charge < -0.3 is 20.9 Å². The van der Waals surface area contributed by atoms with Crippen LogP contribution in [0.15, 0.2) is 24.5 Å². The number of imidazole rings is 1. The maximum atomic E-state index is 13.3. The highest BCUT2D eigenvalue weighted by Crippen LogP contribution is 2.40. The fraction of sp³-hybridized carbons (Fsp3) is 0.450. The number of hydrogen-bond donors (Lipinski definition) is 3. The first-order chi connectivity index (χ1) is 14.4. The van der Waals surface area contributed by atoms with E-state index in [0.717, 1.165) is 37.3 Å². The third-order valence-corrected chi connectivity index (χ3v) is 5.93. The Morgan fingerprint density at radius 3 is 2.70 bits per heavy atom. The Balaban J connectivity index is 1.52. The van der Waals surface area contributed by atoms with Crippen molar-refractivity contribution in [1.82, 2.24) is 19.9 Å². The second-order valence-electron chi connectivity index (χ2n) is 7.97. The molecule has 0 saturated heterocycles. The number of aromatic amines is 1. The van der Waals surface area contributed by atoms with Gasteiger partial charge in [-0.3, -0.25) is 0 Å². The summed E-state index contributed by atoms with van der Waals surface area (Å²) in [4.78, 5) is 18.3. The molecule has 3 heterocycles. The van der Waals surface area contributed by atoms with E-state index in [-0.39, 0.29) is 12.1 Å². The fourth-order valence-electron chi connectivity index (χ4n) is 4.29. The maximum Gasteiger partial charge on any atom is 0.416 e. The third-order valence-electron chi connectivity index (χ3n) is 5.93. The Labute approximate surface area is 170 Å². The molecule has 5 rings (SSSR count). The number of anilines is 3. The molecule has 0 amide bonds. The van der Waals surface area contributed by atoms with E-state index in [1.807, 2.05) is 0 Å². The molecule has 0 bridgehead atoms. The number of hydrogen-bond acceptors (Lipinski definition) is 6. The number of benzene rings is 1. The first-order valence-corrected chi connectivity index (χ1v) is 10.1. The van der Waals surface area contributed by atoms with E-state index in [9.17, 15) is 13.2 Å². The summed E-state index contributed by atoms with van der Waals surface area (Å²) >= 11 is 0. The zero-order valence-corrected chi connectivity index (χ0v) is 16.2. The molecule has 0 radical (unpaired) electrons. The lowest BCUT2D eigenvalue weighted by Gasteiger charge is -2.27. The Morgan fingerprint density at radius 2 is 1.93 bits per heavy atom. The molecule has 1 aliphatic heterocycles. The van der Waals surface area contributed by atoms with Gasteiger partial charge in [-0.2, -0.15) is 23.1 Å². The minimum absolute atomic E-state index is 0.223. The number of nitrogens with two attached hydrogens (primary N) is 1. The Morgan fingerprint density at radius 1 is 1.13 bits per heavy atom. The van der Waals surface area contributed by atoms with Crippen LogP contribution in [0.4, 0.5) is 30.6 Å². The van der Waals surface area contributed by atoms with E-state index in [1.54, 1.807) is 11.0 Å². The van der Waals surface area contributed by atoms with E-state index in [2.05, 4.69) is 25.3 Å². The fourth-order valence-corrected chi connectivity index (χ4v) is 4.29. The van der Waals surface area contributed by atoms with Gasteiger partial charge in [-0.25, -0.2) is 4.98 Å². The highest BCUT2D eigenvalue weighted by molar-refractivity contribution is 5.88. The minimum Gasteiger partial charge on any atom is -0.351 e. The van der Waals surface area contributed by atoms with Crippen LogP contribution in [-0.4, -0.2) is 38.6 Å². The second kappa shape index (κ2) is 7.12. The zero-order chi connectivity index (χ0) is 20.9. The van der Waals surface area contributed by atoms with Crippen molar-refractivity contribution in [2.45, 2.75) is 50.4 Å². The summed E-state index contributed by atoms with van der Waals surface area (Å²) in [6, 6.07) is 4.33. The second-order valence-corrected chi connectivity index (χ2v) is 7.97. The normalized spacial score (nSPS) is 21.8. The highest BCUT2D eigenvalue weighted by atomic mass is 19.4. The maximum absolute atomic E-state index is 13.3. The Bertz CT molecular complexity index is 1070. The van der Waals surface area contributed by atoms with Crippen LogP contribution in [0, 0.1) is 0 Å². The van der Waals surface area contributed by atoms with Crippen LogP contribution in [0.1, 0.15) is 36.8 Å². The van der Waals surface area contributed by atoms with Crippen molar-refractivity contribution in [3.05, 3.63) is 35.7 Å². The lowest BCUT2D eigenvalue weighted by atomic mass is 9.92. The molecule has 0 atom stereocenters. The quantitative estimate of drug-likeness (QED) is 0.601. The predicted molar refractivity (Wildman–Crippen MR) is 108 cm³/mol. The molecule has 3 aromatic rings. The van der Waals surface area contributed by atoms with Crippen molar-refractivity contribution in [3.63, 3.8) is 0 Å². The summed E-state index contributed by atoms with van der Waals surface area (Å²) in [6.07, 6.45) is 1.52. The summed E-state index contributed by atoms with van der Waals surface area (Å²) in [5, 5.41) is 3.37. The molecule has 1 aliphatic carbocycles. The number of nitrogens with zero attached hydrogens (tertiary/aromatic N) is 4. The molecule has 7 nitrogen and oxygen atoms in total. The van der Waals surface area contributed by atoms with E-state index < -0.39 is 11.7 Å². The summed E-state index contributed by atoms with van der Waals surface area (Å²) in [7, 11) is 0. The van der Waals surface area contributed by atoms with Crippen LogP contribution in [0.25, 0.3) is 11.2 Å². The molecule has 30 heavy (non-hydrogen) atoms. The topological polar surface area (TPSA) is 95.7 Å². The Hall–Kier alpha value is -2.88. The van der Waals surface area contributed by atoms with Gasteiger partial charge in [0.1, 0.15) is 0 Å². The summed E-state index contributed by atoms with van der Waals surface area (Å²) < 4.78 is 39.8. The van der Waals surface area contributed by atoms with Crippen LogP contribution in [-0.2, 0) is 12.6 Å². The van der Waals surface area contributed by atoms with E-state index in [4.69, 9.17) is 5.73 Å². The standard InChI is InChI=1S/C20H22F3N7/c21-20(22,23)12-2-1-11-7-8-30(15(11)9-12)18-16-17(26-10-25-16)28-19(29-18)27-14-5-3-13(24)4-6-14/h1-2,9-10,13-14H,3-8,24H2,(H2,25,26,27,28,29)/t13-,14-. The van der Waals surface area contributed by atoms with Gasteiger partial charge in [0.15, 0.2) is 17.0 Å². The summed E-state index contributed by atoms with van der Waals surface area (Å²) in [6.45, 7) is 0.535. The molecule has 2 aliphatic rings. The van der Waals surface area contributed by atoms with Crippen molar-refractivity contribution in [2.24, 2.45) is 5.73 Å². The van der Waals surface area contributed by atoms with Crippen molar-refractivity contribution >= 4 is 28.6 Å². The van der Waals surface area contributed by atoms with Crippen LogP contribution in [0.2, 0.25) is 0 Å². The average molecular weight is 417 g/mol. The van der Waals surface area contributed by atoms with Gasteiger partial charge in [0, 0.05) is 24.3 Å². The number of rotatable bonds is 3. The van der Waals surface area contributed by atoms with Gasteiger partial charge in [0.2, 0.25) is 5.95 Å². The average Bonchev–Trinajstić information content (AvgIpc) is 3.35. The number of halogens is 3. The van der Waals surface area contributed by atoms with Crippen molar-refractivity contribution in [1.29, 1.82) is 0 Å². The van der Waals surface area contributed by atoms with Gasteiger partial charge in [-0.1, -0.05) is 6.07 Å². The molecule has 0 unspecified atom stereocenters. The molecule has 4 N–H and O–H groups in total. The van der Waals surface area contributed by atoms with Gasteiger partial charge >= 0.3 is 6.18 Å². The van der Waals surface area contributed by atoms with E-state index >= 15 is 0 Å². The van der Waals surface area contributed by atoms with E-state index in [1.165, 1.54) is 12.4 Å². The minimum atomic E-state index is -4.40. The first-order valence-electron chi connectivity index (χ1n) is 10.1. The van der Waals surface area contributed by atoms with Crippen LogP contribution in [0.5, 0.6) is 0 Å². The summed E-state index contributed by atoms with van der Waals surface area (Å²) in [5.74, 6) is 0.956. The largest absolute Gasteiger partial charge is 0.416 e. The molecule has 10 heteroatoms. The molecule has 1 saturated carbocycles. The van der Waals surface area contributed by atoms with Gasteiger partial charge in [0.25, 0.3) is 0 Å².